The van der Waals surface area contributed by atoms with E-state index in [1.165, 1.54) is 38.5 Å². The van der Waals surface area contributed by atoms with Crippen molar-refractivity contribution in [2.75, 3.05) is 5.32 Å². The van der Waals surface area contributed by atoms with Crippen LogP contribution in [0.2, 0.25) is 0 Å². The van der Waals surface area contributed by atoms with Crippen LogP contribution in [0.5, 0.6) is 0 Å². The highest BCUT2D eigenvalue weighted by atomic mass is 32.1. The Morgan fingerprint density at radius 1 is 1.18 bits per heavy atom. The van der Waals surface area contributed by atoms with Gasteiger partial charge >= 0.3 is 0 Å². The molecule has 2 rings (SSSR count). The van der Waals surface area contributed by atoms with Crippen molar-refractivity contribution in [2.24, 2.45) is 5.73 Å². The Morgan fingerprint density at radius 2 is 1.88 bits per heavy atom. The molecule has 0 radical (unpaired) electrons. The van der Waals surface area contributed by atoms with Crippen molar-refractivity contribution in [1.29, 1.82) is 0 Å². The zero-order valence-electron chi connectivity index (χ0n) is 9.85. The number of nitrogens with one attached hydrogen (secondary N) is 1. The molecule has 1 fully saturated rings. The van der Waals surface area contributed by atoms with Crippen LogP contribution >= 0.6 is 12.2 Å². The quantitative estimate of drug-likeness (QED) is 0.636. The molecule has 0 spiro atoms. The van der Waals surface area contributed by atoms with Gasteiger partial charge in [-0.15, -0.1) is 0 Å². The summed E-state index contributed by atoms with van der Waals surface area (Å²) in [6.45, 7) is 0. The number of hydrogen-bond acceptors (Lipinski definition) is 4. The standard InChI is InChI=1S/C12H18N4S/c13-12(17)10-7-15-11(8-14-10)16-9-5-3-1-2-4-6-9/h7-9H,1-6H2,(H2,13,17)(H,15,16). The first-order valence-electron chi connectivity index (χ1n) is 6.14. The van der Waals surface area contributed by atoms with E-state index in [1.54, 1.807) is 12.4 Å². The lowest BCUT2D eigenvalue weighted by molar-refractivity contribution is 0.617. The van der Waals surface area contributed by atoms with E-state index in [9.17, 15) is 0 Å². The topological polar surface area (TPSA) is 63.8 Å². The predicted octanol–water partition coefficient (Wildman–Crippen LogP) is 2.25. The highest BCUT2D eigenvalue weighted by molar-refractivity contribution is 7.80. The summed E-state index contributed by atoms with van der Waals surface area (Å²) in [4.78, 5) is 8.75. The minimum atomic E-state index is 0.290. The largest absolute Gasteiger partial charge is 0.388 e. The molecule has 0 aromatic carbocycles. The summed E-state index contributed by atoms with van der Waals surface area (Å²) in [5.74, 6) is 0.817. The van der Waals surface area contributed by atoms with Gasteiger partial charge in [0, 0.05) is 6.04 Å². The van der Waals surface area contributed by atoms with Gasteiger partial charge in [0.2, 0.25) is 0 Å². The molecule has 0 bridgehead atoms. The lowest BCUT2D eigenvalue weighted by atomic mass is 10.1. The first-order valence-corrected chi connectivity index (χ1v) is 6.55. The molecule has 1 aromatic heterocycles. The molecular formula is C12H18N4S. The van der Waals surface area contributed by atoms with Gasteiger partial charge < -0.3 is 11.1 Å². The van der Waals surface area contributed by atoms with Gasteiger partial charge in [-0.25, -0.2) is 9.97 Å². The van der Waals surface area contributed by atoms with E-state index in [1.807, 2.05) is 0 Å². The lowest BCUT2D eigenvalue weighted by Gasteiger charge is -2.16. The molecule has 1 aliphatic rings. The molecule has 0 unspecified atom stereocenters. The van der Waals surface area contributed by atoms with Crippen LogP contribution in [0.25, 0.3) is 0 Å². The monoisotopic (exact) mass is 250 g/mol. The number of anilines is 1. The summed E-state index contributed by atoms with van der Waals surface area (Å²) < 4.78 is 0. The smallest absolute Gasteiger partial charge is 0.144 e. The van der Waals surface area contributed by atoms with Crippen LogP contribution in [0.15, 0.2) is 12.4 Å². The van der Waals surface area contributed by atoms with Crippen molar-refractivity contribution in [1.82, 2.24) is 9.97 Å². The second-order valence-corrected chi connectivity index (χ2v) is 4.92. The Bertz CT molecular complexity index is 369. The van der Waals surface area contributed by atoms with Crippen LogP contribution in [-0.2, 0) is 0 Å². The van der Waals surface area contributed by atoms with Crippen molar-refractivity contribution < 1.29 is 0 Å². The van der Waals surface area contributed by atoms with Crippen molar-refractivity contribution in [3.05, 3.63) is 18.1 Å². The summed E-state index contributed by atoms with van der Waals surface area (Å²) in [6.07, 6.45) is 11.1. The Morgan fingerprint density at radius 3 is 2.41 bits per heavy atom. The fourth-order valence-electron chi connectivity index (χ4n) is 2.16. The third-order valence-electron chi connectivity index (χ3n) is 3.11. The average Bonchev–Trinajstić information content (AvgIpc) is 2.58. The number of rotatable bonds is 3. The van der Waals surface area contributed by atoms with Crippen molar-refractivity contribution in [3.8, 4) is 0 Å². The van der Waals surface area contributed by atoms with Gasteiger partial charge in [-0.1, -0.05) is 37.9 Å². The second kappa shape index (κ2) is 5.91. The molecule has 1 saturated carbocycles. The summed E-state index contributed by atoms with van der Waals surface area (Å²) in [5, 5.41) is 3.43. The zero-order valence-corrected chi connectivity index (χ0v) is 10.7. The van der Waals surface area contributed by atoms with Crippen LogP contribution in [0.4, 0.5) is 5.82 Å². The number of hydrogen-bond donors (Lipinski definition) is 2. The van der Waals surface area contributed by atoms with Gasteiger partial charge in [-0.3, -0.25) is 0 Å². The zero-order chi connectivity index (χ0) is 12.1. The van der Waals surface area contributed by atoms with E-state index in [-0.39, 0.29) is 0 Å². The summed E-state index contributed by atoms with van der Waals surface area (Å²) in [6, 6.07) is 0.530. The minimum absolute atomic E-state index is 0.290. The van der Waals surface area contributed by atoms with Gasteiger partial charge in [0.05, 0.1) is 12.4 Å². The highest BCUT2D eigenvalue weighted by Gasteiger charge is 2.12. The van der Waals surface area contributed by atoms with Gasteiger partial charge in [-0.05, 0) is 12.8 Å². The van der Waals surface area contributed by atoms with Crippen LogP contribution in [0.3, 0.4) is 0 Å². The maximum atomic E-state index is 5.48. The maximum Gasteiger partial charge on any atom is 0.144 e. The lowest BCUT2D eigenvalue weighted by Crippen LogP contribution is -2.20. The molecule has 4 nitrogen and oxygen atoms in total. The summed E-state index contributed by atoms with van der Waals surface area (Å²) >= 11 is 4.84. The molecule has 1 aliphatic carbocycles. The normalized spacial score (nSPS) is 17.4. The Labute approximate surface area is 107 Å². The third kappa shape index (κ3) is 3.63. The Hall–Kier alpha value is -1.23. The average molecular weight is 250 g/mol. The Kier molecular flexibility index (Phi) is 4.25. The van der Waals surface area contributed by atoms with Gasteiger partial charge in [0.15, 0.2) is 0 Å². The molecule has 0 amide bonds. The molecule has 5 heteroatoms. The molecule has 0 saturated heterocycles. The number of nitrogens with two attached hydrogens (primary N) is 1. The second-order valence-electron chi connectivity index (χ2n) is 4.48. The predicted molar refractivity (Wildman–Crippen MR) is 73.0 cm³/mol. The van der Waals surface area contributed by atoms with Crippen molar-refractivity contribution in [2.45, 2.75) is 44.6 Å². The molecule has 0 aliphatic heterocycles. The number of thiocarbonyl (C=S) groups is 1. The van der Waals surface area contributed by atoms with Gasteiger partial charge in [0.25, 0.3) is 0 Å². The van der Waals surface area contributed by atoms with E-state index in [2.05, 4.69) is 15.3 Å². The van der Waals surface area contributed by atoms with Crippen LogP contribution < -0.4 is 11.1 Å². The molecular weight excluding hydrogens is 232 g/mol. The Balaban J connectivity index is 1.95. The SMILES string of the molecule is NC(=S)c1cnc(NC2CCCCCC2)cn1. The van der Waals surface area contributed by atoms with Crippen LogP contribution in [-0.4, -0.2) is 21.0 Å². The first kappa shape index (κ1) is 12.2. The van der Waals surface area contributed by atoms with E-state index < -0.39 is 0 Å². The van der Waals surface area contributed by atoms with E-state index in [4.69, 9.17) is 18.0 Å². The summed E-state index contributed by atoms with van der Waals surface area (Å²) in [5.41, 5.74) is 6.05. The number of nitrogens with zero attached hydrogens (tertiary/aromatic N) is 2. The minimum Gasteiger partial charge on any atom is -0.388 e. The number of aromatic nitrogens is 2. The van der Waals surface area contributed by atoms with Gasteiger partial charge in [0.1, 0.15) is 16.5 Å². The van der Waals surface area contributed by atoms with Crippen LogP contribution in [0.1, 0.15) is 44.2 Å². The highest BCUT2D eigenvalue weighted by Crippen LogP contribution is 2.19. The molecule has 1 aromatic rings. The third-order valence-corrected chi connectivity index (χ3v) is 3.32. The summed E-state index contributed by atoms with van der Waals surface area (Å²) in [7, 11) is 0. The fraction of sp³-hybridized carbons (Fsp3) is 0.583. The maximum absolute atomic E-state index is 5.48. The molecule has 17 heavy (non-hydrogen) atoms. The van der Waals surface area contributed by atoms with Crippen molar-refractivity contribution in [3.63, 3.8) is 0 Å². The van der Waals surface area contributed by atoms with E-state index >= 15 is 0 Å². The van der Waals surface area contributed by atoms with Gasteiger partial charge in [-0.2, -0.15) is 0 Å². The molecule has 92 valence electrons. The molecule has 3 N–H and O–H groups in total. The first-order chi connectivity index (χ1) is 8.25. The fourth-order valence-corrected chi connectivity index (χ4v) is 2.27. The molecule has 1 heterocycles. The van der Waals surface area contributed by atoms with Crippen LogP contribution in [0, 0.1) is 0 Å². The van der Waals surface area contributed by atoms with E-state index in [0.717, 1.165) is 5.82 Å². The van der Waals surface area contributed by atoms with Crippen molar-refractivity contribution >= 4 is 23.0 Å². The molecule has 0 atom stereocenters. The van der Waals surface area contributed by atoms with E-state index in [0.29, 0.717) is 16.7 Å².